The number of rotatable bonds is 23. The van der Waals surface area contributed by atoms with E-state index < -0.39 is 6.10 Å². The number of hydrogen-bond donors (Lipinski definition) is 1. The van der Waals surface area contributed by atoms with Gasteiger partial charge in [-0.05, 0) is 64.2 Å². The molecule has 0 saturated carbocycles. The Bertz CT molecular complexity index is 553. The first-order valence-electron chi connectivity index (χ1n) is 15.1. The lowest BCUT2D eigenvalue weighted by atomic mass is 10.0. The van der Waals surface area contributed by atoms with Crippen LogP contribution < -0.4 is 0 Å². The SMILES string of the molecule is CCCCCC=CCC=CCCCCCCCC(CC(O)CC(=O)OCCCC)OC1CCCCO1. The number of unbranched alkanes of at least 4 members (excludes halogenated alkanes) is 9. The first-order valence-corrected chi connectivity index (χ1v) is 15.1. The summed E-state index contributed by atoms with van der Waals surface area (Å²) in [6.45, 7) is 5.48. The van der Waals surface area contributed by atoms with Crippen LogP contribution in [0.1, 0.15) is 136 Å². The van der Waals surface area contributed by atoms with Gasteiger partial charge in [-0.25, -0.2) is 0 Å². The first-order chi connectivity index (χ1) is 17.7. The van der Waals surface area contributed by atoms with Gasteiger partial charge in [0.05, 0.1) is 25.2 Å². The van der Waals surface area contributed by atoms with E-state index in [0.717, 1.165) is 64.4 Å². The smallest absolute Gasteiger partial charge is 0.308 e. The summed E-state index contributed by atoms with van der Waals surface area (Å²) in [4.78, 5) is 12.0. The highest BCUT2D eigenvalue weighted by atomic mass is 16.7. The summed E-state index contributed by atoms with van der Waals surface area (Å²) >= 11 is 0. The highest BCUT2D eigenvalue weighted by molar-refractivity contribution is 5.69. The van der Waals surface area contributed by atoms with Crippen LogP contribution in [0, 0.1) is 0 Å². The Hall–Kier alpha value is -1.17. The van der Waals surface area contributed by atoms with E-state index in [1.807, 2.05) is 0 Å². The summed E-state index contributed by atoms with van der Waals surface area (Å²) in [5.74, 6) is -0.319. The summed E-state index contributed by atoms with van der Waals surface area (Å²) in [7, 11) is 0. The molecule has 0 radical (unpaired) electrons. The van der Waals surface area contributed by atoms with Crippen molar-refractivity contribution in [2.75, 3.05) is 13.2 Å². The van der Waals surface area contributed by atoms with Gasteiger partial charge in [0.25, 0.3) is 0 Å². The highest BCUT2D eigenvalue weighted by Crippen LogP contribution is 2.22. The molecule has 0 amide bonds. The average Bonchev–Trinajstić information content (AvgIpc) is 2.87. The lowest BCUT2D eigenvalue weighted by Crippen LogP contribution is -2.31. The van der Waals surface area contributed by atoms with Gasteiger partial charge in [0.1, 0.15) is 0 Å². The van der Waals surface area contributed by atoms with Gasteiger partial charge in [-0.15, -0.1) is 0 Å². The molecule has 1 heterocycles. The maximum atomic E-state index is 12.0. The van der Waals surface area contributed by atoms with Gasteiger partial charge in [-0.3, -0.25) is 4.79 Å². The third-order valence-corrected chi connectivity index (χ3v) is 6.66. The number of aliphatic hydroxyl groups excluding tert-OH is 1. The van der Waals surface area contributed by atoms with E-state index in [1.165, 1.54) is 51.4 Å². The number of esters is 1. The molecule has 1 rings (SSSR count). The molecule has 0 aliphatic carbocycles. The number of aliphatic hydroxyl groups is 1. The predicted molar refractivity (Wildman–Crippen MR) is 149 cm³/mol. The molecule has 0 aromatic carbocycles. The van der Waals surface area contributed by atoms with Crippen molar-refractivity contribution in [1.29, 1.82) is 0 Å². The quantitative estimate of drug-likeness (QED) is 0.0856. The summed E-state index contributed by atoms with van der Waals surface area (Å²) < 4.78 is 17.2. The minimum atomic E-state index is -0.731. The molecule has 5 heteroatoms. The van der Waals surface area contributed by atoms with Gasteiger partial charge in [-0.2, -0.15) is 0 Å². The van der Waals surface area contributed by atoms with Crippen LogP contribution in [0.5, 0.6) is 0 Å². The molecule has 1 N–H and O–H groups in total. The second kappa shape index (κ2) is 24.2. The van der Waals surface area contributed by atoms with E-state index in [9.17, 15) is 9.90 Å². The van der Waals surface area contributed by atoms with Crippen LogP contribution in [-0.4, -0.2) is 42.8 Å². The molecule has 1 aliphatic heterocycles. The lowest BCUT2D eigenvalue weighted by molar-refractivity contribution is -0.194. The fourth-order valence-electron chi connectivity index (χ4n) is 4.43. The van der Waals surface area contributed by atoms with Crippen LogP contribution >= 0.6 is 0 Å². The molecule has 0 aromatic heterocycles. The molecule has 0 bridgehead atoms. The third kappa shape index (κ3) is 20.0. The van der Waals surface area contributed by atoms with Crippen LogP contribution in [0.15, 0.2) is 24.3 Å². The fraction of sp³-hybridized carbons (Fsp3) is 0.839. The topological polar surface area (TPSA) is 65.0 Å². The van der Waals surface area contributed by atoms with Crippen molar-refractivity contribution in [3.63, 3.8) is 0 Å². The molecular weight excluding hydrogens is 452 g/mol. The van der Waals surface area contributed by atoms with Crippen molar-refractivity contribution < 1.29 is 24.1 Å². The van der Waals surface area contributed by atoms with Crippen LogP contribution in [0.25, 0.3) is 0 Å². The maximum absolute atomic E-state index is 12.0. The van der Waals surface area contributed by atoms with Crippen molar-refractivity contribution in [2.24, 2.45) is 0 Å². The standard InChI is InChI=1S/C31H56O5/c1-3-5-7-8-9-10-11-12-13-14-15-16-17-18-19-22-29(36-31-23-20-21-25-35-31)26-28(32)27-30(33)34-24-6-4-2/h9-10,12-13,28-29,31-32H,3-8,11,14-27H2,1-2H3. The van der Waals surface area contributed by atoms with Gasteiger partial charge in [0.15, 0.2) is 6.29 Å². The number of ether oxygens (including phenoxy) is 3. The molecule has 0 aromatic rings. The molecule has 1 fully saturated rings. The molecule has 0 spiro atoms. The Morgan fingerprint density at radius 2 is 1.61 bits per heavy atom. The Kier molecular flexibility index (Phi) is 22.1. The molecule has 1 saturated heterocycles. The van der Waals surface area contributed by atoms with Crippen molar-refractivity contribution >= 4 is 5.97 Å². The lowest BCUT2D eigenvalue weighted by Gasteiger charge is -2.29. The normalized spacial score (nSPS) is 18.1. The van der Waals surface area contributed by atoms with E-state index in [0.29, 0.717) is 13.0 Å². The van der Waals surface area contributed by atoms with E-state index in [2.05, 4.69) is 38.2 Å². The number of hydrogen-bond acceptors (Lipinski definition) is 5. The minimum Gasteiger partial charge on any atom is -0.466 e. The Labute approximate surface area is 222 Å². The van der Waals surface area contributed by atoms with E-state index in [-0.39, 0.29) is 24.8 Å². The van der Waals surface area contributed by atoms with E-state index >= 15 is 0 Å². The van der Waals surface area contributed by atoms with Crippen LogP contribution in [0.3, 0.4) is 0 Å². The summed E-state index contributed by atoms with van der Waals surface area (Å²) in [5.41, 5.74) is 0. The van der Waals surface area contributed by atoms with Crippen molar-refractivity contribution in [1.82, 2.24) is 0 Å². The molecule has 3 unspecified atom stereocenters. The Balaban J connectivity index is 2.19. The Morgan fingerprint density at radius 3 is 2.31 bits per heavy atom. The zero-order valence-corrected chi connectivity index (χ0v) is 23.5. The van der Waals surface area contributed by atoms with Crippen molar-refractivity contribution in [3.8, 4) is 0 Å². The summed E-state index contributed by atoms with van der Waals surface area (Å²) in [6.07, 6.45) is 27.9. The predicted octanol–water partition coefficient (Wildman–Crippen LogP) is 8.20. The average molecular weight is 509 g/mol. The van der Waals surface area contributed by atoms with Crippen LogP contribution in [-0.2, 0) is 19.0 Å². The molecule has 36 heavy (non-hydrogen) atoms. The molecule has 5 nitrogen and oxygen atoms in total. The van der Waals surface area contributed by atoms with E-state index in [4.69, 9.17) is 14.2 Å². The fourth-order valence-corrected chi connectivity index (χ4v) is 4.43. The van der Waals surface area contributed by atoms with Gasteiger partial charge in [0.2, 0.25) is 0 Å². The largest absolute Gasteiger partial charge is 0.466 e. The zero-order chi connectivity index (χ0) is 26.1. The van der Waals surface area contributed by atoms with Gasteiger partial charge < -0.3 is 19.3 Å². The molecule has 210 valence electrons. The minimum absolute atomic E-state index is 0.0390. The molecule has 3 atom stereocenters. The van der Waals surface area contributed by atoms with Gasteiger partial charge >= 0.3 is 5.97 Å². The highest BCUT2D eigenvalue weighted by Gasteiger charge is 2.23. The van der Waals surface area contributed by atoms with Gasteiger partial charge in [0, 0.05) is 13.0 Å². The van der Waals surface area contributed by atoms with Crippen molar-refractivity contribution in [3.05, 3.63) is 24.3 Å². The first kappa shape index (κ1) is 32.9. The summed E-state index contributed by atoms with van der Waals surface area (Å²) in [5, 5.41) is 10.5. The number of allylic oxidation sites excluding steroid dienone is 4. The second-order valence-electron chi connectivity index (χ2n) is 10.2. The molecular formula is C31H56O5. The zero-order valence-electron chi connectivity index (χ0n) is 23.5. The maximum Gasteiger partial charge on any atom is 0.308 e. The van der Waals surface area contributed by atoms with Gasteiger partial charge in [-0.1, -0.05) is 83.1 Å². The van der Waals surface area contributed by atoms with Crippen LogP contribution in [0.2, 0.25) is 0 Å². The summed E-state index contributed by atoms with van der Waals surface area (Å²) in [6, 6.07) is 0. The second-order valence-corrected chi connectivity index (χ2v) is 10.2. The van der Waals surface area contributed by atoms with E-state index in [1.54, 1.807) is 0 Å². The third-order valence-electron chi connectivity index (χ3n) is 6.66. The number of carbonyl (C=O) groups excluding carboxylic acids is 1. The number of carbonyl (C=O) groups is 1. The van der Waals surface area contributed by atoms with Crippen molar-refractivity contribution in [2.45, 2.75) is 154 Å². The van der Waals surface area contributed by atoms with Crippen LogP contribution in [0.4, 0.5) is 0 Å². The monoisotopic (exact) mass is 508 g/mol. The molecule has 1 aliphatic rings. The Morgan fingerprint density at radius 1 is 0.917 bits per heavy atom.